The minimum absolute atomic E-state index is 0.0119. The van der Waals surface area contributed by atoms with E-state index in [1.165, 1.54) is 42.6 Å². The van der Waals surface area contributed by atoms with Gasteiger partial charge in [-0.15, -0.1) is 0 Å². The van der Waals surface area contributed by atoms with Gasteiger partial charge < -0.3 is 14.6 Å². The van der Waals surface area contributed by atoms with E-state index in [0.717, 1.165) is 21.7 Å². The Balaban J connectivity index is 1.46. The summed E-state index contributed by atoms with van der Waals surface area (Å²) in [6.45, 7) is 2.10. The van der Waals surface area contributed by atoms with Gasteiger partial charge in [-0.3, -0.25) is 4.98 Å². The Morgan fingerprint density at radius 2 is 1.84 bits per heavy atom. The predicted octanol–water partition coefficient (Wildman–Crippen LogP) is 6.44. The third-order valence-electron chi connectivity index (χ3n) is 6.24. The standard InChI is InChI=1S/C25H27N3OS2/c1-17-10-12-19(13-11-17)31-22-15-14-21(29-22)24-23(20-9-5-6-16-26-20)27-25(30)28(24)18-7-3-2-4-8-18/h5-6,9-16,18,23-24H,2-4,7-8H2,1H3,(H,27,30). The number of hydrogen-bond acceptors (Lipinski definition) is 4. The molecule has 0 amide bonds. The number of rotatable bonds is 5. The predicted molar refractivity (Wildman–Crippen MR) is 128 cm³/mol. The third-order valence-corrected chi connectivity index (χ3v) is 7.49. The highest BCUT2D eigenvalue weighted by Crippen LogP contribution is 2.44. The number of thiocarbonyl (C=S) groups is 1. The summed E-state index contributed by atoms with van der Waals surface area (Å²) >= 11 is 7.50. The molecule has 2 aliphatic rings. The van der Waals surface area contributed by atoms with E-state index >= 15 is 0 Å². The lowest BCUT2D eigenvalue weighted by Crippen LogP contribution is -2.40. The molecule has 1 saturated heterocycles. The second-order valence-corrected chi connectivity index (χ2v) is 9.86. The van der Waals surface area contributed by atoms with Crippen molar-refractivity contribution in [3.8, 4) is 0 Å². The van der Waals surface area contributed by atoms with Crippen LogP contribution in [0.4, 0.5) is 0 Å². The van der Waals surface area contributed by atoms with E-state index in [1.807, 2.05) is 18.3 Å². The first-order valence-corrected chi connectivity index (χ1v) is 12.3. The normalized spacial score (nSPS) is 22.0. The van der Waals surface area contributed by atoms with Crippen LogP contribution in [0.2, 0.25) is 0 Å². The number of aryl methyl sites for hydroxylation is 1. The number of pyridine rings is 1. The van der Waals surface area contributed by atoms with Gasteiger partial charge in [0.1, 0.15) is 11.8 Å². The number of hydrogen-bond donors (Lipinski definition) is 1. The molecule has 1 aliphatic heterocycles. The zero-order chi connectivity index (χ0) is 21.2. The Hall–Kier alpha value is -2.31. The minimum atomic E-state index is -0.0148. The van der Waals surface area contributed by atoms with Crippen molar-refractivity contribution in [1.29, 1.82) is 0 Å². The summed E-state index contributed by atoms with van der Waals surface area (Å²) in [7, 11) is 0. The summed E-state index contributed by atoms with van der Waals surface area (Å²) in [4.78, 5) is 8.21. The van der Waals surface area contributed by atoms with Gasteiger partial charge in [-0.1, -0.05) is 54.8 Å². The van der Waals surface area contributed by atoms with E-state index in [0.29, 0.717) is 6.04 Å². The zero-order valence-corrected chi connectivity index (χ0v) is 19.3. The van der Waals surface area contributed by atoms with Crippen LogP contribution in [0.25, 0.3) is 0 Å². The molecule has 1 N–H and O–H groups in total. The van der Waals surface area contributed by atoms with E-state index < -0.39 is 0 Å². The third kappa shape index (κ3) is 4.37. The molecule has 2 atom stereocenters. The topological polar surface area (TPSA) is 41.3 Å². The van der Waals surface area contributed by atoms with Crippen molar-refractivity contribution in [3.05, 3.63) is 77.8 Å². The smallest absolute Gasteiger partial charge is 0.170 e. The molecule has 4 nitrogen and oxygen atoms in total. The molecular weight excluding hydrogens is 422 g/mol. The quantitative estimate of drug-likeness (QED) is 0.452. The van der Waals surface area contributed by atoms with Crippen LogP contribution < -0.4 is 5.32 Å². The molecule has 31 heavy (non-hydrogen) atoms. The SMILES string of the molecule is Cc1ccc(Sc2ccc(C3C(c4ccccn4)NC(=S)N3C3CCCCC3)o2)cc1. The molecule has 6 heteroatoms. The van der Waals surface area contributed by atoms with Gasteiger partial charge in [0.25, 0.3) is 0 Å². The van der Waals surface area contributed by atoms with Crippen LogP contribution in [0, 0.1) is 6.92 Å². The highest BCUT2D eigenvalue weighted by Gasteiger charge is 2.44. The van der Waals surface area contributed by atoms with Gasteiger partial charge in [0, 0.05) is 17.1 Å². The first-order chi connectivity index (χ1) is 15.2. The second-order valence-electron chi connectivity index (χ2n) is 8.40. The molecule has 1 aromatic carbocycles. The van der Waals surface area contributed by atoms with E-state index in [9.17, 15) is 0 Å². The maximum Gasteiger partial charge on any atom is 0.170 e. The average molecular weight is 450 g/mol. The van der Waals surface area contributed by atoms with Crippen molar-refractivity contribution < 1.29 is 4.42 Å². The number of aromatic nitrogens is 1. The van der Waals surface area contributed by atoms with Crippen LogP contribution in [0.15, 0.2) is 75.2 Å². The maximum atomic E-state index is 6.42. The molecule has 2 aromatic heterocycles. The van der Waals surface area contributed by atoms with Crippen molar-refractivity contribution in [2.45, 2.75) is 67.1 Å². The fraction of sp³-hybridized carbons (Fsp3) is 0.360. The average Bonchev–Trinajstić information content (AvgIpc) is 3.40. The minimum Gasteiger partial charge on any atom is -0.452 e. The van der Waals surface area contributed by atoms with E-state index in [1.54, 1.807) is 11.8 Å². The lowest BCUT2D eigenvalue weighted by Gasteiger charge is -2.36. The van der Waals surface area contributed by atoms with Crippen molar-refractivity contribution in [2.24, 2.45) is 0 Å². The molecule has 1 saturated carbocycles. The number of nitrogens with one attached hydrogen (secondary N) is 1. The van der Waals surface area contributed by atoms with Gasteiger partial charge in [0.05, 0.1) is 11.7 Å². The molecule has 2 fully saturated rings. The Bertz CT molecular complexity index is 1030. The van der Waals surface area contributed by atoms with Crippen LogP contribution in [-0.4, -0.2) is 21.0 Å². The maximum absolute atomic E-state index is 6.42. The summed E-state index contributed by atoms with van der Waals surface area (Å²) in [5, 5.41) is 5.28. The van der Waals surface area contributed by atoms with Crippen LogP contribution in [0.5, 0.6) is 0 Å². The zero-order valence-electron chi connectivity index (χ0n) is 17.7. The van der Waals surface area contributed by atoms with Crippen LogP contribution in [0.1, 0.15) is 61.2 Å². The molecule has 160 valence electrons. The first kappa shape index (κ1) is 20.6. The number of furan rings is 1. The molecule has 0 bridgehead atoms. The second kappa shape index (κ2) is 9.05. The molecule has 1 aliphatic carbocycles. The molecule has 3 heterocycles. The van der Waals surface area contributed by atoms with Gasteiger partial charge in [-0.05, 0) is 68.4 Å². The van der Waals surface area contributed by atoms with Gasteiger partial charge >= 0.3 is 0 Å². The van der Waals surface area contributed by atoms with E-state index in [-0.39, 0.29) is 12.1 Å². The molecule has 0 spiro atoms. The highest BCUT2D eigenvalue weighted by molar-refractivity contribution is 7.99. The fourth-order valence-electron chi connectivity index (χ4n) is 4.69. The van der Waals surface area contributed by atoms with Crippen LogP contribution in [0.3, 0.4) is 0 Å². The lowest BCUT2D eigenvalue weighted by molar-refractivity contribution is 0.174. The van der Waals surface area contributed by atoms with Crippen molar-refractivity contribution in [1.82, 2.24) is 15.2 Å². The Morgan fingerprint density at radius 3 is 2.58 bits per heavy atom. The first-order valence-electron chi connectivity index (χ1n) is 11.0. The number of benzene rings is 1. The summed E-state index contributed by atoms with van der Waals surface area (Å²) in [5.74, 6) is 0.947. The van der Waals surface area contributed by atoms with Crippen LogP contribution >= 0.6 is 24.0 Å². The Labute approximate surface area is 193 Å². The van der Waals surface area contributed by atoms with Crippen molar-refractivity contribution >= 4 is 29.1 Å². The molecule has 5 rings (SSSR count). The number of nitrogens with zero attached hydrogens (tertiary/aromatic N) is 2. The molecule has 3 aromatic rings. The van der Waals surface area contributed by atoms with Crippen LogP contribution in [-0.2, 0) is 0 Å². The summed E-state index contributed by atoms with van der Waals surface area (Å²) in [5.41, 5.74) is 2.26. The summed E-state index contributed by atoms with van der Waals surface area (Å²) in [6, 6.07) is 19.2. The lowest BCUT2D eigenvalue weighted by atomic mass is 9.92. The molecule has 0 radical (unpaired) electrons. The summed E-state index contributed by atoms with van der Waals surface area (Å²) < 4.78 is 6.42. The van der Waals surface area contributed by atoms with Crippen molar-refractivity contribution in [2.75, 3.05) is 0 Å². The highest BCUT2D eigenvalue weighted by atomic mass is 32.2. The van der Waals surface area contributed by atoms with Gasteiger partial charge in [-0.25, -0.2) is 0 Å². The van der Waals surface area contributed by atoms with Crippen molar-refractivity contribution in [3.63, 3.8) is 0 Å². The van der Waals surface area contributed by atoms with E-state index in [2.05, 4.69) is 64.6 Å². The van der Waals surface area contributed by atoms with Gasteiger partial charge in [0.2, 0.25) is 0 Å². The monoisotopic (exact) mass is 449 g/mol. The fourth-order valence-corrected chi connectivity index (χ4v) is 5.86. The molecule has 2 unspecified atom stereocenters. The van der Waals surface area contributed by atoms with Gasteiger partial charge in [-0.2, -0.15) is 0 Å². The largest absolute Gasteiger partial charge is 0.452 e. The van der Waals surface area contributed by atoms with E-state index in [4.69, 9.17) is 16.6 Å². The Kier molecular flexibility index (Phi) is 6.01. The molecular formula is C25H27N3OS2. The summed E-state index contributed by atoms with van der Waals surface area (Å²) in [6.07, 6.45) is 8.05. The van der Waals surface area contributed by atoms with Gasteiger partial charge in [0.15, 0.2) is 10.2 Å². The Morgan fingerprint density at radius 1 is 1.03 bits per heavy atom.